The topological polar surface area (TPSA) is 52.6 Å². The van der Waals surface area contributed by atoms with Crippen molar-refractivity contribution in [3.63, 3.8) is 0 Å². The lowest BCUT2D eigenvalue weighted by molar-refractivity contribution is -0.113. The zero-order valence-electron chi connectivity index (χ0n) is 8.99. The largest absolute Gasteiger partial charge is 0.490 e. The summed E-state index contributed by atoms with van der Waals surface area (Å²) in [6.07, 6.45) is 0.810. The highest BCUT2D eigenvalue weighted by atomic mass is 16.5. The molecule has 0 saturated carbocycles. The molecule has 0 radical (unpaired) electrons. The monoisotopic (exact) mass is 220 g/mol. The molecular formula is C12H12O4. The predicted molar refractivity (Wildman–Crippen MR) is 57.1 cm³/mol. The van der Waals surface area contributed by atoms with Crippen LogP contribution in [-0.2, 0) is 4.79 Å². The van der Waals surface area contributed by atoms with Crippen molar-refractivity contribution in [1.29, 1.82) is 0 Å². The van der Waals surface area contributed by atoms with E-state index in [-0.39, 0.29) is 0 Å². The van der Waals surface area contributed by atoms with E-state index in [2.05, 4.69) is 0 Å². The fourth-order valence-corrected chi connectivity index (χ4v) is 1.51. The quantitative estimate of drug-likeness (QED) is 0.561. The van der Waals surface area contributed by atoms with Gasteiger partial charge in [0.2, 0.25) is 5.78 Å². The van der Waals surface area contributed by atoms with Gasteiger partial charge in [0.05, 0.1) is 13.2 Å². The first-order chi connectivity index (χ1) is 7.68. The number of ether oxygens (including phenoxy) is 2. The van der Waals surface area contributed by atoms with Gasteiger partial charge in [-0.2, -0.15) is 0 Å². The van der Waals surface area contributed by atoms with Gasteiger partial charge in [0.15, 0.2) is 17.3 Å². The first-order valence-electron chi connectivity index (χ1n) is 5.13. The van der Waals surface area contributed by atoms with Crippen molar-refractivity contribution < 1.29 is 19.1 Å². The summed E-state index contributed by atoms with van der Waals surface area (Å²) in [7, 11) is 0. The van der Waals surface area contributed by atoms with E-state index in [9.17, 15) is 9.59 Å². The summed E-state index contributed by atoms with van der Waals surface area (Å²) in [5.74, 6) is 0.173. The van der Waals surface area contributed by atoms with Crippen molar-refractivity contribution in [2.24, 2.45) is 0 Å². The van der Waals surface area contributed by atoms with Crippen LogP contribution in [0.25, 0.3) is 0 Å². The zero-order valence-corrected chi connectivity index (χ0v) is 8.99. The number of hydrogen-bond donors (Lipinski definition) is 0. The lowest BCUT2D eigenvalue weighted by Crippen LogP contribution is -2.09. The lowest BCUT2D eigenvalue weighted by atomic mass is 10.1. The van der Waals surface area contributed by atoms with Crippen LogP contribution in [0.1, 0.15) is 23.7 Å². The first-order valence-corrected chi connectivity index (χ1v) is 5.13. The van der Waals surface area contributed by atoms with Gasteiger partial charge in [-0.15, -0.1) is 0 Å². The number of carbonyl (C=O) groups is 2. The van der Waals surface area contributed by atoms with E-state index in [1.54, 1.807) is 18.2 Å². The summed E-state index contributed by atoms with van der Waals surface area (Å²) >= 11 is 0. The maximum Gasteiger partial charge on any atom is 0.228 e. The Bertz CT molecular complexity index is 437. The molecule has 1 aliphatic rings. The van der Waals surface area contributed by atoms with E-state index >= 15 is 0 Å². The van der Waals surface area contributed by atoms with Gasteiger partial charge in [0.1, 0.15) is 0 Å². The average Bonchev–Trinajstić information content (AvgIpc) is 2.51. The van der Waals surface area contributed by atoms with Crippen molar-refractivity contribution in [1.82, 2.24) is 0 Å². The molecule has 0 aliphatic carbocycles. The van der Waals surface area contributed by atoms with Gasteiger partial charge in [-0.05, 0) is 18.2 Å². The van der Waals surface area contributed by atoms with E-state index in [0.29, 0.717) is 30.3 Å². The van der Waals surface area contributed by atoms with E-state index < -0.39 is 11.6 Å². The third kappa shape index (κ3) is 2.05. The van der Waals surface area contributed by atoms with Gasteiger partial charge in [-0.3, -0.25) is 9.59 Å². The molecule has 4 heteroatoms. The number of benzene rings is 1. The Morgan fingerprint density at radius 1 is 1.12 bits per heavy atom. The van der Waals surface area contributed by atoms with Gasteiger partial charge in [-0.1, -0.05) is 0 Å². The van der Waals surface area contributed by atoms with Crippen LogP contribution in [-0.4, -0.2) is 24.8 Å². The average molecular weight is 220 g/mol. The fourth-order valence-electron chi connectivity index (χ4n) is 1.51. The van der Waals surface area contributed by atoms with Crippen LogP contribution >= 0.6 is 0 Å². The molecule has 0 N–H and O–H groups in total. The molecule has 84 valence electrons. The molecule has 2 rings (SSSR count). The van der Waals surface area contributed by atoms with Crippen molar-refractivity contribution in [3.05, 3.63) is 23.8 Å². The third-order valence-corrected chi connectivity index (χ3v) is 2.33. The Kier molecular flexibility index (Phi) is 2.90. The molecule has 0 saturated heterocycles. The standard InChI is InChI=1S/C12H12O4/c1-8(13)12(14)9-3-4-10-11(7-9)16-6-2-5-15-10/h3-4,7H,2,5-6H2,1H3. The van der Waals surface area contributed by atoms with Crippen LogP contribution in [0.15, 0.2) is 18.2 Å². The van der Waals surface area contributed by atoms with E-state index in [4.69, 9.17) is 9.47 Å². The number of hydrogen-bond acceptors (Lipinski definition) is 4. The maximum atomic E-state index is 11.5. The Labute approximate surface area is 93.2 Å². The number of carbonyl (C=O) groups excluding carboxylic acids is 2. The molecular weight excluding hydrogens is 208 g/mol. The fraction of sp³-hybridized carbons (Fsp3) is 0.333. The van der Waals surface area contributed by atoms with Gasteiger partial charge in [0, 0.05) is 18.9 Å². The minimum Gasteiger partial charge on any atom is -0.490 e. The molecule has 1 aromatic rings. The molecule has 0 atom stereocenters. The maximum absolute atomic E-state index is 11.5. The normalized spacial score (nSPS) is 14.1. The van der Waals surface area contributed by atoms with Crippen molar-refractivity contribution in [2.45, 2.75) is 13.3 Å². The Morgan fingerprint density at radius 3 is 2.50 bits per heavy atom. The zero-order chi connectivity index (χ0) is 11.5. The highest BCUT2D eigenvalue weighted by molar-refractivity contribution is 6.42. The highest BCUT2D eigenvalue weighted by Gasteiger charge is 2.16. The molecule has 1 aromatic carbocycles. The van der Waals surface area contributed by atoms with Crippen molar-refractivity contribution >= 4 is 11.6 Å². The summed E-state index contributed by atoms with van der Waals surface area (Å²) in [6.45, 7) is 2.42. The summed E-state index contributed by atoms with van der Waals surface area (Å²) in [5, 5.41) is 0. The molecule has 4 nitrogen and oxygen atoms in total. The summed E-state index contributed by atoms with van der Waals surface area (Å²) in [6, 6.07) is 4.80. The predicted octanol–water partition coefficient (Wildman–Crippen LogP) is 1.62. The van der Waals surface area contributed by atoms with Crippen LogP contribution in [0.2, 0.25) is 0 Å². The third-order valence-electron chi connectivity index (χ3n) is 2.33. The van der Waals surface area contributed by atoms with E-state index in [1.807, 2.05) is 0 Å². The highest BCUT2D eigenvalue weighted by Crippen LogP contribution is 2.30. The molecule has 0 unspecified atom stereocenters. The smallest absolute Gasteiger partial charge is 0.228 e. The molecule has 0 bridgehead atoms. The van der Waals surface area contributed by atoms with E-state index in [1.165, 1.54) is 6.92 Å². The molecule has 0 aromatic heterocycles. The summed E-state index contributed by atoms with van der Waals surface area (Å²) in [4.78, 5) is 22.4. The van der Waals surface area contributed by atoms with Crippen molar-refractivity contribution in [3.8, 4) is 11.5 Å². The van der Waals surface area contributed by atoms with Crippen LogP contribution in [0.4, 0.5) is 0 Å². The number of ketones is 2. The molecule has 1 aliphatic heterocycles. The second kappa shape index (κ2) is 4.35. The Balaban J connectivity index is 2.34. The van der Waals surface area contributed by atoms with Crippen molar-refractivity contribution in [2.75, 3.05) is 13.2 Å². The van der Waals surface area contributed by atoms with Crippen LogP contribution < -0.4 is 9.47 Å². The second-order valence-corrected chi connectivity index (χ2v) is 3.60. The van der Waals surface area contributed by atoms with Gasteiger partial charge < -0.3 is 9.47 Å². The van der Waals surface area contributed by atoms with Gasteiger partial charge >= 0.3 is 0 Å². The van der Waals surface area contributed by atoms with Gasteiger partial charge in [-0.25, -0.2) is 0 Å². The lowest BCUT2D eigenvalue weighted by Gasteiger charge is -2.07. The molecule has 16 heavy (non-hydrogen) atoms. The summed E-state index contributed by atoms with van der Waals surface area (Å²) < 4.78 is 10.9. The number of Topliss-reactive ketones (excluding diaryl/α,β-unsaturated/α-hetero) is 2. The Hall–Kier alpha value is -1.84. The van der Waals surface area contributed by atoms with Crippen LogP contribution in [0.5, 0.6) is 11.5 Å². The SMILES string of the molecule is CC(=O)C(=O)c1ccc2c(c1)OCCCO2. The van der Waals surface area contributed by atoms with Gasteiger partial charge in [0.25, 0.3) is 0 Å². The van der Waals surface area contributed by atoms with Crippen LogP contribution in [0, 0.1) is 0 Å². The Morgan fingerprint density at radius 2 is 1.81 bits per heavy atom. The van der Waals surface area contributed by atoms with Crippen LogP contribution in [0.3, 0.4) is 0 Å². The molecule has 1 heterocycles. The second-order valence-electron chi connectivity index (χ2n) is 3.60. The first kappa shape index (κ1) is 10.7. The molecule has 0 spiro atoms. The van der Waals surface area contributed by atoms with E-state index in [0.717, 1.165) is 6.42 Å². The molecule has 0 fully saturated rings. The number of rotatable bonds is 2. The minimum atomic E-state index is -0.504. The summed E-state index contributed by atoms with van der Waals surface area (Å²) in [5.41, 5.74) is 0.344. The minimum absolute atomic E-state index is 0.344. The number of fused-ring (bicyclic) bond motifs is 1. The molecule has 0 amide bonds.